The number of piperidine rings is 1. The Hall–Kier alpha value is -0.390. The molecule has 0 bridgehead atoms. The Bertz CT molecular complexity index is 433. The SMILES string of the molecule is CCn1nc(C)c(Br)c1CN1CCC(C)(NC)CC1. The zero-order valence-electron chi connectivity index (χ0n) is 12.5. The number of hydrogen-bond donors (Lipinski definition) is 1. The van der Waals surface area contributed by atoms with Crippen LogP contribution >= 0.6 is 15.9 Å². The molecule has 2 rings (SSSR count). The summed E-state index contributed by atoms with van der Waals surface area (Å²) in [6, 6.07) is 0. The summed E-state index contributed by atoms with van der Waals surface area (Å²) in [7, 11) is 2.07. The minimum atomic E-state index is 0.314. The summed E-state index contributed by atoms with van der Waals surface area (Å²) >= 11 is 3.68. The molecule has 19 heavy (non-hydrogen) atoms. The normalized spacial score (nSPS) is 19.8. The Morgan fingerprint density at radius 3 is 2.53 bits per heavy atom. The van der Waals surface area contributed by atoms with Crippen molar-refractivity contribution in [1.29, 1.82) is 0 Å². The Morgan fingerprint density at radius 2 is 2.00 bits per heavy atom. The van der Waals surface area contributed by atoms with Crippen molar-refractivity contribution in [1.82, 2.24) is 20.0 Å². The van der Waals surface area contributed by atoms with Crippen LogP contribution in [0.15, 0.2) is 4.47 Å². The van der Waals surface area contributed by atoms with Crippen molar-refractivity contribution in [3.63, 3.8) is 0 Å². The number of aryl methyl sites for hydroxylation is 2. The fourth-order valence-electron chi connectivity index (χ4n) is 2.69. The average Bonchev–Trinajstić information content (AvgIpc) is 2.69. The third kappa shape index (κ3) is 3.20. The van der Waals surface area contributed by atoms with Crippen LogP contribution < -0.4 is 5.32 Å². The smallest absolute Gasteiger partial charge is 0.0739 e. The van der Waals surface area contributed by atoms with Crippen LogP contribution in [0, 0.1) is 6.92 Å². The molecule has 1 saturated heterocycles. The van der Waals surface area contributed by atoms with Crippen LogP contribution in [0.5, 0.6) is 0 Å². The molecular weight excluding hydrogens is 304 g/mol. The number of rotatable bonds is 4. The summed E-state index contributed by atoms with van der Waals surface area (Å²) in [6.07, 6.45) is 2.42. The van der Waals surface area contributed by atoms with E-state index in [1.54, 1.807) is 0 Å². The van der Waals surface area contributed by atoms with E-state index < -0.39 is 0 Å². The van der Waals surface area contributed by atoms with Gasteiger partial charge in [0, 0.05) is 31.7 Å². The fourth-order valence-corrected chi connectivity index (χ4v) is 3.10. The Kier molecular flexibility index (Phi) is 4.69. The monoisotopic (exact) mass is 328 g/mol. The van der Waals surface area contributed by atoms with Gasteiger partial charge in [0.2, 0.25) is 0 Å². The van der Waals surface area contributed by atoms with Gasteiger partial charge in [-0.3, -0.25) is 9.58 Å². The van der Waals surface area contributed by atoms with Gasteiger partial charge < -0.3 is 5.32 Å². The van der Waals surface area contributed by atoms with Gasteiger partial charge in [-0.15, -0.1) is 0 Å². The molecular formula is C14H25BrN4. The quantitative estimate of drug-likeness (QED) is 0.922. The molecule has 1 aromatic rings. The zero-order chi connectivity index (χ0) is 14.0. The molecule has 0 atom stereocenters. The third-order valence-electron chi connectivity index (χ3n) is 4.39. The lowest BCUT2D eigenvalue weighted by atomic mass is 9.90. The molecule has 1 fully saturated rings. The minimum Gasteiger partial charge on any atom is -0.314 e. The minimum absolute atomic E-state index is 0.314. The molecule has 0 aromatic carbocycles. The lowest BCUT2D eigenvalue weighted by Crippen LogP contribution is -2.49. The third-order valence-corrected chi connectivity index (χ3v) is 5.42. The maximum atomic E-state index is 4.57. The zero-order valence-corrected chi connectivity index (χ0v) is 14.0. The topological polar surface area (TPSA) is 33.1 Å². The highest BCUT2D eigenvalue weighted by Gasteiger charge is 2.29. The lowest BCUT2D eigenvalue weighted by Gasteiger charge is -2.39. The van der Waals surface area contributed by atoms with E-state index >= 15 is 0 Å². The van der Waals surface area contributed by atoms with E-state index in [0.717, 1.165) is 31.9 Å². The second kappa shape index (κ2) is 5.94. The van der Waals surface area contributed by atoms with E-state index in [9.17, 15) is 0 Å². The van der Waals surface area contributed by atoms with E-state index in [4.69, 9.17) is 0 Å². The molecule has 0 aliphatic carbocycles. The Balaban J connectivity index is 2.03. The second-order valence-electron chi connectivity index (χ2n) is 5.75. The second-order valence-corrected chi connectivity index (χ2v) is 6.54. The molecule has 0 unspecified atom stereocenters. The van der Waals surface area contributed by atoms with E-state index in [1.165, 1.54) is 23.0 Å². The van der Waals surface area contributed by atoms with Crippen molar-refractivity contribution in [2.75, 3.05) is 20.1 Å². The van der Waals surface area contributed by atoms with Crippen molar-refractivity contribution in [2.24, 2.45) is 0 Å². The van der Waals surface area contributed by atoms with E-state index in [2.05, 4.69) is 63.7 Å². The maximum Gasteiger partial charge on any atom is 0.0739 e. The largest absolute Gasteiger partial charge is 0.314 e. The Morgan fingerprint density at radius 1 is 1.37 bits per heavy atom. The fraction of sp³-hybridized carbons (Fsp3) is 0.786. The number of halogens is 1. The number of nitrogens with one attached hydrogen (secondary N) is 1. The van der Waals surface area contributed by atoms with Crippen LogP contribution in [-0.4, -0.2) is 40.4 Å². The lowest BCUT2D eigenvalue weighted by molar-refractivity contribution is 0.143. The van der Waals surface area contributed by atoms with Gasteiger partial charge in [-0.25, -0.2) is 0 Å². The van der Waals surface area contributed by atoms with Gasteiger partial charge in [-0.05, 0) is 56.6 Å². The highest BCUT2D eigenvalue weighted by Crippen LogP contribution is 2.26. The van der Waals surface area contributed by atoms with Crippen LogP contribution in [0.2, 0.25) is 0 Å². The molecule has 0 radical (unpaired) electrons. The van der Waals surface area contributed by atoms with Gasteiger partial charge in [0.15, 0.2) is 0 Å². The molecule has 2 heterocycles. The van der Waals surface area contributed by atoms with Crippen LogP contribution in [0.4, 0.5) is 0 Å². The average molecular weight is 329 g/mol. The van der Waals surface area contributed by atoms with Gasteiger partial charge >= 0.3 is 0 Å². The molecule has 4 nitrogen and oxygen atoms in total. The maximum absolute atomic E-state index is 4.57. The van der Waals surface area contributed by atoms with Crippen LogP contribution in [0.1, 0.15) is 38.1 Å². The van der Waals surface area contributed by atoms with Crippen LogP contribution in [0.3, 0.4) is 0 Å². The van der Waals surface area contributed by atoms with Crippen molar-refractivity contribution in [3.05, 3.63) is 15.9 Å². The van der Waals surface area contributed by atoms with Gasteiger partial charge in [-0.1, -0.05) is 0 Å². The van der Waals surface area contributed by atoms with Crippen LogP contribution in [-0.2, 0) is 13.1 Å². The first-order chi connectivity index (χ1) is 8.99. The molecule has 5 heteroatoms. The number of nitrogens with zero attached hydrogens (tertiary/aromatic N) is 3. The molecule has 1 N–H and O–H groups in total. The Labute approximate surface area is 124 Å². The standard InChI is InChI=1S/C14H25BrN4/c1-5-19-12(13(15)11(2)17-19)10-18-8-6-14(3,16-4)7-9-18/h16H,5-10H2,1-4H3. The summed E-state index contributed by atoms with van der Waals surface area (Å²) in [5.74, 6) is 0. The van der Waals surface area contributed by atoms with Crippen molar-refractivity contribution in [3.8, 4) is 0 Å². The summed E-state index contributed by atoms with van der Waals surface area (Å²) < 4.78 is 3.29. The first-order valence-corrected chi connectivity index (χ1v) is 7.91. The summed E-state index contributed by atoms with van der Waals surface area (Å²) in [5.41, 5.74) is 2.72. The predicted molar refractivity (Wildman–Crippen MR) is 82.3 cm³/mol. The number of aromatic nitrogens is 2. The molecule has 0 saturated carbocycles. The predicted octanol–water partition coefficient (Wildman–Crippen LogP) is 2.55. The van der Waals surface area contributed by atoms with E-state index in [0.29, 0.717) is 5.54 Å². The summed E-state index contributed by atoms with van der Waals surface area (Å²) in [4.78, 5) is 2.53. The first-order valence-electron chi connectivity index (χ1n) is 7.12. The molecule has 108 valence electrons. The highest BCUT2D eigenvalue weighted by atomic mass is 79.9. The molecule has 1 aromatic heterocycles. The highest BCUT2D eigenvalue weighted by molar-refractivity contribution is 9.10. The summed E-state index contributed by atoms with van der Waals surface area (Å²) in [5, 5.41) is 8.02. The van der Waals surface area contributed by atoms with E-state index in [-0.39, 0.29) is 0 Å². The first kappa shape index (κ1) is 15.0. The molecule has 0 spiro atoms. The van der Waals surface area contributed by atoms with Crippen molar-refractivity contribution >= 4 is 15.9 Å². The van der Waals surface area contributed by atoms with Crippen LogP contribution in [0.25, 0.3) is 0 Å². The van der Waals surface area contributed by atoms with Gasteiger partial charge in [0.05, 0.1) is 15.9 Å². The van der Waals surface area contributed by atoms with Gasteiger partial charge in [0.25, 0.3) is 0 Å². The van der Waals surface area contributed by atoms with Gasteiger partial charge in [0.1, 0.15) is 0 Å². The molecule has 1 aliphatic heterocycles. The van der Waals surface area contributed by atoms with Crippen molar-refractivity contribution < 1.29 is 0 Å². The molecule has 0 amide bonds. The van der Waals surface area contributed by atoms with Crippen molar-refractivity contribution in [2.45, 2.75) is 52.2 Å². The summed E-state index contributed by atoms with van der Waals surface area (Å²) in [6.45, 7) is 10.8. The number of likely N-dealkylation sites (tertiary alicyclic amines) is 1. The van der Waals surface area contributed by atoms with Gasteiger partial charge in [-0.2, -0.15) is 5.10 Å². The molecule has 1 aliphatic rings. The van der Waals surface area contributed by atoms with E-state index in [1.807, 2.05) is 0 Å². The number of hydrogen-bond acceptors (Lipinski definition) is 3.